The third kappa shape index (κ3) is 4.66. The van der Waals surface area contributed by atoms with Crippen LogP contribution in [0.4, 0.5) is 10.6 Å². The largest absolute Gasteiger partial charge is 0.443 e. The van der Waals surface area contributed by atoms with Gasteiger partial charge in [0.15, 0.2) is 0 Å². The van der Waals surface area contributed by atoms with Crippen LogP contribution in [0.15, 0.2) is 35.3 Å². The van der Waals surface area contributed by atoms with Crippen molar-refractivity contribution in [3.8, 4) is 0 Å². The number of aromatic nitrogens is 2. The lowest BCUT2D eigenvalue weighted by molar-refractivity contribution is 0.136. The topological polar surface area (TPSA) is 67.4 Å². The van der Waals surface area contributed by atoms with Gasteiger partial charge in [-0.15, -0.1) is 11.3 Å². The van der Waals surface area contributed by atoms with E-state index in [-0.39, 0.29) is 12.7 Å². The second-order valence-electron chi connectivity index (χ2n) is 5.56. The number of carbonyl (C=O) groups is 1. The lowest BCUT2D eigenvalue weighted by atomic mass is 9.97. The number of ether oxygens (including phenoxy) is 1. The van der Waals surface area contributed by atoms with Crippen LogP contribution in [0.5, 0.6) is 0 Å². The normalized spacial score (nSPS) is 15.4. The van der Waals surface area contributed by atoms with E-state index in [0.717, 1.165) is 37.4 Å². The summed E-state index contributed by atoms with van der Waals surface area (Å²) in [6.07, 6.45) is 3.54. The highest BCUT2D eigenvalue weighted by atomic mass is 32.1. The molecule has 0 spiro atoms. The average Bonchev–Trinajstić information content (AvgIpc) is 3.13. The van der Waals surface area contributed by atoms with Gasteiger partial charge < -0.3 is 15.0 Å². The van der Waals surface area contributed by atoms with Crippen LogP contribution in [-0.4, -0.2) is 35.7 Å². The minimum absolute atomic E-state index is 0.230. The van der Waals surface area contributed by atoms with Gasteiger partial charge in [0, 0.05) is 31.2 Å². The van der Waals surface area contributed by atoms with E-state index < -0.39 is 0 Å². The number of nitrogens with one attached hydrogen (secondary N) is 1. The molecule has 0 atom stereocenters. The first-order chi connectivity index (χ1) is 11.3. The number of anilines is 1. The van der Waals surface area contributed by atoms with Gasteiger partial charge in [0.2, 0.25) is 0 Å². The number of carbonyl (C=O) groups excluding carboxylic acids is 1. The number of piperidine rings is 1. The smallest absolute Gasteiger partial charge is 0.407 e. The van der Waals surface area contributed by atoms with E-state index >= 15 is 0 Å². The molecule has 0 aliphatic carbocycles. The number of hydrogen-bond acceptors (Lipinski definition) is 6. The standard InChI is InChI=1S/C16H20N4O2S/c21-16(22-10-14-11-23-12-19-14)18-9-13-4-7-20(8-5-13)15-3-1-2-6-17-15/h1-3,6,11-13H,4-5,7-10H2,(H,18,21). The second kappa shape index (κ2) is 7.92. The minimum Gasteiger partial charge on any atom is -0.443 e. The highest BCUT2D eigenvalue weighted by molar-refractivity contribution is 7.07. The van der Waals surface area contributed by atoms with Gasteiger partial charge in [-0.05, 0) is 30.9 Å². The molecule has 0 radical (unpaired) electrons. The van der Waals surface area contributed by atoms with E-state index in [4.69, 9.17) is 4.74 Å². The molecule has 7 heteroatoms. The Morgan fingerprint density at radius 2 is 2.22 bits per heavy atom. The third-order valence-electron chi connectivity index (χ3n) is 3.96. The second-order valence-corrected chi connectivity index (χ2v) is 6.27. The van der Waals surface area contributed by atoms with E-state index in [1.165, 1.54) is 11.3 Å². The van der Waals surface area contributed by atoms with Gasteiger partial charge in [-0.3, -0.25) is 0 Å². The molecular weight excluding hydrogens is 312 g/mol. The summed E-state index contributed by atoms with van der Waals surface area (Å²) in [6, 6.07) is 5.97. The number of nitrogens with zero attached hydrogens (tertiary/aromatic N) is 3. The van der Waals surface area contributed by atoms with Crippen LogP contribution in [0.3, 0.4) is 0 Å². The Morgan fingerprint density at radius 3 is 2.91 bits per heavy atom. The van der Waals surface area contributed by atoms with E-state index in [1.54, 1.807) is 5.51 Å². The summed E-state index contributed by atoms with van der Waals surface area (Å²) in [5, 5.41) is 4.73. The van der Waals surface area contributed by atoms with Gasteiger partial charge >= 0.3 is 6.09 Å². The Labute approximate surface area is 139 Å². The Hall–Kier alpha value is -2.15. The zero-order valence-electron chi connectivity index (χ0n) is 12.9. The van der Waals surface area contributed by atoms with Crippen LogP contribution in [0.25, 0.3) is 0 Å². The van der Waals surface area contributed by atoms with Crippen molar-refractivity contribution in [2.45, 2.75) is 19.4 Å². The van der Waals surface area contributed by atoms with Gasteiger partial charge in [0.25, 0.3) is 0 Å². The van der Waals surface area contributed by atoms with E-state index in [0.29, 0.717) is 12.5 Å². The SMILES string of the molecule is O=C(NCC1CCN(c2ccccn2)CC1)OCc1cscn1. The van der Waals surface area contributed by atoms with Crippen LogP contribution >= 0.6 is 11.3 Å². The molecule has 1 amide bonds. The van der Waals surface area contributed by atoms with Gasteiger partial charge in [0.05, 0.1) is 11.2 Å². The van der Waals surface area contributed by atoms with Crippen molar-refractivity contribution >= 4 is 23.2 Å². The Kier molecular flexibility index (Phi) is 5.42. The zero-order chi connectivity index (χ0) is 15.9. The first-order valence-electron chi connectivity index (χ1n) is 7.75. The van der Waals surface area contributed by atoms with Crippen LogP contribution < -0.4 is 10.2 Å². The molecule has 1 saturated heterocycles. The fourth-order valence-electron chi connectivity index (χ4n) is 2.63. The molecule has 1 aliphatic rings. The molecule has 2 aromatic heterocycles. The summed E-state index contributed by atoms with van der Waals surface area (Å²) < 4.78 is 5.14. The first-order valence-corrected chi connectivity index (χ1v) is 8.69. The summed E-state index contributed by atoms with van der Waals surface area (Å²) in [4.78, 5) is 22.4. The number of rotatable bonds is 5. The van der Waals surface area contributed by atoms with Crippen molar-refractivity contribution in [2.24, 2.45) is 5.92 Å². The molecule has 122 valence electrons. The van der Waals surface area contributed by atoms with Crippen molar-refractivity contribution in [1.29, 1.82) is 0 Å². The molecule has 6 nitrogen and oxygen atoms in total. The van der Waals surface area contributed by atoms with Gasteiger partial charge in [0.1, 0.15) is 12.4 Å². The lowest BCUT2D eigenvalue weighted by Crippen LogP contribution is -2.39. The number of amides is 1. The predicted octanol–water partition coefficient (Wildman–Crippen LogP) is 2.68. The van der Waals surface area contributed by atoms with Gasteiger partial charge in [-0.25, -0.2) is 14.8 Å². The van der Waals surface area contributed by atoms with Crippen LogP contribution in [0.1, 0.15) is 18.5 Å². The number of hydrogen-bond donors (Lipinski definition) is 1. The Balaban J connectivity index is 1.35. The predicted molar refractivity (Wildman–Crippen MR) is 89.5 cm³/mol. The lowest BCUT2D eigenvalue weighted by Gasteiger charge is -2.32. The van der Waals surface area contributed by atoms with Crippen molar-refractivity contribution < 1.29 is 9.53 Å². The average molecular weight is 332 g/mol. The summed E-state index contributed by atoms with van der Waals surface area (Å²) in [5.74, 6) is 1.52. The molecule has 23 heavy (non-hydrogen) atoms. The van der Waals surface area contributed by atoms with E-state index in [9.17, 15) is 4.79 Å². The molecule has 1 aliphatic heterocycles. The van der Waals surface area contributed by atoms with E-state index in [1.807, 2.05) is 29.8 Å². The summed E-state index contributed by atoms with van der Waals surface area (Å²) >= 11 is 1.49. The molecule has 1 N–H and O–H groups in total. The molecule has 1 fully saturated rings. The molecule has 0 aromatic carbocycles. The number of pyridine rings is 1. The Bertz CT molecular complexity index is 598. The monoisotopic (exact) mass is 332 g/mol. The van der Waals surface area contributed by atoms with Crippen LogP contribution in [0.2, 0.25) is 0 Å². The van der Waals surface area contributed by atoms with Crippen LogP contribution in [0, 0.1) is 5.92 Å². The fourth-order valence-corrected chi connectivity index (χ4v) is 3.18. The maximum atomic E-state index is 11.7. The molecular formula is C16H20N4O2S. The number of alkyl carbamates (subject to hydrolysis) is 1. The maximum Gasteiger partial charge on any atom is 0.407 e. The minimum atomic E-state index is -0.370. The molecule has 2 aromatic rings. The maximum absolute atomic E-state index is 11.7. The first kappa shape index (κ1) is 15.7. The summed E-state index contributed by atoms with van der Waals surface area (Å²) in [5.41, 5.74) is 2.51. The van der Waals surface area contributed by atoms with Crippen molar-refractivity contribution in [1.82, 2.24) is 15.3 Å². The fraction of sp³-hybridized carbons (Fsp3) is 0.438. The number of thiazole rings is 1. The molecule has 3 rings (SSSR count). The van der Waals surface area contributed by atoms with E-state index in [2.05, 4.69) is 20.2 Å². The Morgan fingerprint density at radius 1 is 1.35 bits per heavy atom. The van der Waals surface area contributed by atoms with Crippen molar-refractivity contribution in [2.75, 3.05) is 24.5 Å². The summed E-state index contributed by atoms with van der Waals surface area (Å²) in [7, 11) is 0. The zero-order valence-corrected chi connectivity index (χ0v) is 13.7. The summed E-state index contributed by atoms with van der Waals surface area (Å²) in [6.45, 7) is 2.83. The molecule has 3 heterocycles. The molecule has 0 bridgehead atoms. The van der Waals surface area contributed by atoms with Crippen molar-refractivity contribution in [3.05, 3.63) is 41.0 Å². The van der Waals surface area contributed by atoms with Gasteiger partial charge in [-0.1, -0.05) is 6.07 Å². The molecule has 0 saturated carbocycles. The van der Waals surface area contributed by atoms with Crippen molar-refractivity contribution in [3.63, 3.8) is 0 Å². The van der Waals surface area contributed by atoms with Crippen LogP contribution in [-0.2, 0) is 11.3 Å². The highest BCUT2D eigenvalue weighted by Crippen LogP contribution is 2.20. The molecule has 0 unspecified atom stereocenters. The van der Waals surface area contributed by atoms with Gasteiger partial charge in [-0.2, -0.15) is 0 Å². The highest BCUT2D eigenvalue weighted by Gasteiger charge is 2.20. The third-order valence-corrected chi connectivity index (χ3v) is 4.59. The quantitative estimate of drug-likeness (QED) is 0.912.